The number of benzene rings is 2. The zero-order valence-electron chi connectivity index (χ0n) is 11.7. The van der Waals surface area contributed by atoms with Gasteiger partial charge in [-0.2, -0.15) is 0 Å². The fourth-order valence-corrected chi connectivity index (χ4v) is 1.96. The van der Waals surface area contributed by atoms with E-state index in [1.54, 1.807) is 36.4 Å². The fraction of sp³-hybridized carbons (Fsp3) is 0.188. The van der Waals surface area contributed by atoms with Crippen molar-refractivity contribution in [2.45, 2.75) is 13.1 Å². The number of nitrogens with one attached hydrogen (secondary N) is 1. The number of para-hydroxylation sites is 1. The Labute approximate surface area is 122 Å². The minimum atomic E-state index is -0.377. The first kappa shape index (κ1) is 15.0. The standard InChI is InChI=1S/C16H17FN2O2/c1-21-15-5-3-2-4-13(15)16(20)19-10-12-7-6-11(9-18)8-14(12)17/h2-8H,9-10,18H2,1H3,(H,19,20). The van der Waals surface area contributed by atoms with Gasteiger partial charge in [-0.15, -0.1) is 0 Å². The maximum absolute atomic E-state index is 13.8. The Morgan fingerprint density at radius 3 is 2.71 bits per heavy atom. The van der Waals surface area contributed by atoms with Crippen LogP contribution in [0.5, 0.6) is 5.75 Å². The molecule has 2 rings (SSSR count). The second-order valence-corrected chi connectivity index (χ2v) is 4.51. The van der Waals surface area contributed by atoms with Crippen LogP contribution in [0, 0.1) is 5.82 Å². The van der Waals surface area contributed by atoms with Gasteiger partial charge in [0.2, 0.25) is 0 Å². The number of hydrogen-bond acceptors (Lipinski definition) is 3. The highest BCUT2D eigenvalue weighted by molar-refractivity contribution is 5.96. The van der Waals surface area contributed by atoms with Crippen molar-refractivity contribution in [3.8, 4) is 5.75 Å². The van der Waals surface area contributed by atoms with Gasteiger partial charge in [0.25, 0.3) is 5.91 Å². The van der Waals surface area contributed by atoms with Gasteiger partial charge < -0.3 is 15.8 Å². The highest BCUT2D eigenvalue weighted by Gasteiger charge is 2.12. The van der Waals surface area contributed by atoms with Crippen LogP contribution < -0.4 is 15.8 Å². The molecule has 0 aliphatic carbocycles. The van der Waals surface area contributed by atoms with Gasteiger partial charge in [0.15, 0.2) is 0 Å². The smallest absolute Gasteiger partial charge is 0.255 e. The predicted octanol–water partition coefficient (Wildman–Crippen LogP) is 2.22. The number of hydrogen-bond donors (Lipinski definition) is 2. The quantitative estimate of drug-likeness (QED) is 0.886. The number of nitrogens with two attached hydrogens (primary N) is 1. The van der Waals surface area contributed by atoms with Crippen molar-refractivity contribution in [3.63, 3.8) is 0 Å². The Morgan fingerprint density at radius 1 is 1.29 bits per heavy atom. The predicted molar refractivity (Wildman–Crippen MR) is 78.5 cm³/mol. The Hall–Kier alpha value is -2.40. The van der Waals surface area contributed by atoms with Crippen molar-refractivity contribution in [2.75, 3.05) is 7.11 Å². The molecular weight excluding hydrogens is 271 g/mol. The first-order chi connectivity index (χ1) is 10.2. The molecule has 0 radical (unpaired) electrons. The molecule has 21 heavy (non-hydrogen) atoms. The first-order valence-electron chi connectivity index (χ1n) is 6.54. The topological polar surface area (TPSA) is 64.3 Å². The van der Waals surface area contributed by atoms with E-state index in [1.165, 1.54) is 13.2 Å². The highest BCUT2D eigenvalue weighted by atomic mass is 19.1. The summed E-state index contributed by atoms with van der Waals surface area (Å²) in [6, 6.07) is 11.6. The lowest BCUT2D eigenvalue weighted by atomic mass is 10.1. The molecule has 0 bridgehead atoms. The summed E-state index contributed by atoms with van der Waals surface area (Å²) in [5.41, 5.74) is 6.99. The van der Waals surface area contributed by atoms with Crippen molar-refractivity contribution >= 4 is 5.91 Å². The van der Waals surface area contributed by atoms with Gasteiger partial charge in [0.1, 0.15) is 11.6 Å². The number of rotatable bonds is 5. The van der Waals surface area contributed by atoms with Gasteiger partial charge in [0, 0.05) is 18.7 Å². The van der Waals surface area contributed by atoms with Crippen LogP contribution >= 0.6 is 0 Å². The van der Waals surface area contributed by atoms with E-state index in [2.05, 4.69) is 5.32 Å². The molecular formula is C16H17FN2O2. The highest BCUT2D eigenvalue weighted by Crippen LogP contribution is 2.17. The molecule has 0 aromatic heterocycles. The third-order valence-electron chi connectivity index (χ3n) is 3.14. The molecule has 0 aliphatic heterocycles. The molecule has 0 heterocycles. The monoisotopic (exact) mass is 288 g/mol. The summed E-state index contributed by atoms with van der Waals surface area (Å²) in [6.45, 7) is 0.387. The molecule has 0 aliphatic rings. The summed E-state index contributed by atoms with van der Waals surface area (Å²) < 4.78 is 18.9. The van der Waals surface area contributed by atoms with Gasteiger partial charge >= 0.3 is 0 Å². The third kappa shape index (κ3) is 3.58. The maximum Gasteiger partial charge on any atom is 0.255 e. The fourth-order valence-electron chi connectivity index (χ4n) is 1.96. The molecule has 0 saturated heterocycles. The Balaban J connectivity index is 2.07. The Morgan fingerprint density at radius 2 is 2.05 bits per heavy atom. The normalized spacial score (nSPS) is 10.2. The number of amides is 1. The van der Waals surface area contributed by atoms with Crippen LogP contribution in [-0.4, -0.2) is 13.0 Å². The number of halogens is 1. The molecule has 2 aromatic carbocycles. The van der Waals surface area contributed by atoms with E-state index in [0.717, 1.165) is 0 Å². The van der Waals surface area contributed by atoms with Crippen molar-refractivity contribution in [1.29, 1.82) is 0 Å². The van der Waals surface area contributed by atoms with E-state index < -0.39 is 0 Å². The minimum Gasteiger partial charge on any atom is -0.496 e. The molecule has 110 valence electrons. The molecule has 0 atom stereocenters. The average molecular weight is 288 g/mol. The van der Waals surface area contributed by atoms with E-state index in [9.17, 15) is 9.18 Å². The summed E-state index contributed by atoms with van der Waals surface area (Å²) in [7, 11) is 1.50. The van der Waals surface area contributed by atoms with Crippen LogP contribution in [-0.2, 0) is 13.1 Å². The van der Waals surface area contributed by atoms with Gasteiger partial charge in [-0.1, -0.05) is 24.3 Å². The van der Waals surface area contributed by atoms with Crippen molar-refractivity contribution in [3.05, 3.63) is 65.0 Å². The second kappa shape index (κ2) is 6.85. The van der Waals surface area contributed by atoms with Gasteiger partial charge in [0.05, 0.1) is 12.7 Å². The summed E-state index contributed by atoms with van der Waals surface area (Å²) >= 11 is 0. The third-order valence-corrected chi connectivity index (χ3v) is 3.14. The number of ether oxygens (including phenoxy) is 1. The molecule has 0 fully saturated rings. The molecule has 2 aromatic rings. The van der Waals surface area contributed by atoms with Crippen LogP contribution in [0.2, 0.25) is 0 Å². The van der Waals surface area contributed by atoms with Gasteiger partial charge in [-0.05, 0) is 23.8 Å². The molecule has 5 heteroatoms. The SMILES string of the molecule is COc1ccccc1C(=O)NCc1ccc(CN)cc1F. The molecule has 0 spiro atoms. The van der Waals surface area contributed by atoms with Crippen LogP contribution in [0.1, 0.15) is 21.5 Å². The van der Waals surface area contributed by atoms with Crippen LogP contribution in [0.15, 0.2) is 42.5 Å². The van der Waals surface area contributed by atoms with Crippen LogP contribution in [0.25, 0.3) is 0 Å². The summed E-state index contributed by atoms with van der Waals surface area (Å²) in [5, 5.41) is 2.68. The summed E-state index contributed by atoms with van der Waals surface area (Å²) in [6.07, 6.45) is 0. The second-order valence-electron chi connectivity index (χ2n) is 4.51. The molecule has 4 nitrogen and oxygen atoms in total. The maximum atomic E-state index is 13.8. The number of carbonyl (C=O) groups excluding carboxylic acids is 1. The zero-order chi connectivity index (χ0) is 15.2. The number of methoxy groups -OCH3 is 1. The average Bonchev–Trinajstić information content (AvgIpc) is 2.53. The summed E-state index contributed by atoms with van der Waals surface area (Å²) in [4.78, 5) is 12.1. The van der Waals surface area contributed by atoms with E-state index in [0.29, 0.717) is 22.4 Å². The first-order valence-corrected chi connectivity index (χ1v) is 6.54. The summed E-state index contributed by atoms with van der Waals surface area (Å²) in [5.74, 6) is -0.207. The lowest BCUT2D eigenvalue weighted by Crippen LogP contribution is -2.23. The van der Waals surface area contributed by atoms with Gasteiger partial charge in [-0.3, -0.25) is 4.79 Å². The largest absolute Gasteiger partial charge is 0.496 e. The van der Waals surface area contributed by atoms with E-state index in [-0.39, 0.29) is 24.8 Å². The zero-order valence-corrected chi connectivity index (χ0v) is 11.7. The van der Waals surface area contributed by atoms with Crippen molar-refractivity contribution in [1.82, 2.24) is 5.32 Å². The van der Waals surface area contributed by atoms with E-state index >= 15 is 0 Å². The number of carbonyl (C=O) groups is 1. The van der Waals surface area contributed by atoms with Crippen LogP contribution in [0.4, 0.5) is 4.39 Å². The molecule has 3 N–H and O–H groups in total. The molecule has 1 amide bonds. The van der Waals surface area contributed by atoms with Crippen molar-refractivity contribution < 1.29 is 13.9 Å². The lowest BCUT2D eigenvalue weighted by molar-refractivity contribution is 0.0947. The van der Waals surface area contributed by atoms with E-state index in [1.807, 2.05) is 0 Å². The van der Waals surface area contributed by atoms with Crippen LogP contribution in [0.3, 0.4) is 0 Å². The van der Waals surface area contributed by atoms with E-state index in [4.69, 9.17) is 10.5 Å². The lowest BCUT2D eigenvalue weighted by Gasteiger charge is -2.10. The minimum absolute atomic E-state index is 0.105. The van der Waals surface area contributed by atoms with Gasteiger partial charge in [-0.25, -0.2) is 4.39 Å². The van der Waals surface area contributed by atoms with Crippen molar-refractivity contribution in [2.24, 2.45) is 5.73 Å². The molecule has 0 saturated carbocycles. The Bertz CT molecular complexity index is 644. The molecule has 0 unspecified atom stereocenters. The Kier molecular flexibility index (Phi) is 4.90.